The number of hydrogen-bond donors (Lipinski definition) is 1. The first-order valence-electron chi connectivity index (χ1n) is 8.01. The van der Waals surface area contributed by atoms with Crippen molar-refractivity contribution in [3.8, 4) is 0 Å². The Kier molecular flexibility index (Phi) is 3.35. The number of carbonyl (C=O) groups is 1. The highest BCUT2D eigenvalue weighted by atomic mass is 16.1. The van der Waals surface area contributed by atoms with Gasteiger partial charge in [0.05, 0.1) is 5.56 Å². The van der Waals surface area contributed by atoms with Gasteiger partial charge in [0.2, 0.25) is 0 Å². The van der Waals surface area contributed by atoms with E-state index in [1.807, 2.05) is 37.3 Å². The lowest BCUT2D eigenvalue weighted by Gasteiger charge is -2.11. The van der Waals surface area contributed by atoms with Crippen molar-refractivity contribution < 1.29 is 4.79 Å². The molecule has 4 aromatic rings. The van der Waals surface area contributed by atoms with Gasteiger partial charge in [0.1, 0.15) is 0 Å². The molecule has 0 spiro atoms. The number of fused-ring (bicyclic) bond motifs is 2. The van der Waals surface area contributed by atoms with E-state index in [9.17, 15) is 4.79 Å². The maximum Gasteiger partial charge on any atom is 0.251 e. The molecule has 0 aliphatic rings. The predicted octanol–water partition coefficient (Wildman–Crippen LogP) is 4.25. The highest BCUT2D eigenvalue weighted by Crippen LogP contribution is 2.28. The van der Waals surface area contributed by atoms with Crippen molar-refractivity contribution in [2.24, 2.45) is 5.73 Å². The van der Waals surface area contributed by atoms with Crippen LogP contribution >= 0.6 is 0 Å². The summed E-state index contributed by atoms with van der Waals surface area (Å²) in [5.74, 6) is -0.375. The molecule has 0 saturated heterocycles. The van der Waals surface area contributed by atoms with E-state index < -0.39 is 0 Å². The SMILES string of the molecule is Cc1c(C(N)=O)c2ccccc2n1Cc1cccc2ccccc12. The van der Waals surface area contributed by atoms with Crippen molar-refractivity contribution in [3.63, 3.8) is 0 Å². The molecule has 0 atom stereocenters. The third kappa shape index (κ3) is 2.17. The van der Waals surface area contributed by atoms with Crippen LogP contribution in [0.1, 0.15) is 21.6 Å². The first kappa shape index (κ1) is 14.5. The van der Waals surface area contributed by atoms with Crippen LogP contribution in [0.15, 0.2) is 66.7 Å². The minimum Gasteiger partial charge on any atom is -0.366 e. The third-order valence-electron chi connectivity index (χ3n) is 4.69. The molecule has 0 aliphatic carbocycles. The van der Waals surface area contributed by atoms with Gasteiger partial charge in [0.15, 0.2) is 0 Å². The number of benzene rings is 3. The van der Waals surface area contributed by atoms with Gasteiger partial charge in [-0.15, -0.1) is 0 Å². The molecule has 3 nitrogen and oxygen atoms in total. The van der Waals surface area contributed by atoms with Crippen LogP contribution in [0, 0.1) is 6.92 Å². The lowest BCUT2D eigenvalue weighted by atomic mass is 10.0. The fourth-order valence-corrected chi connectivity index (χ4v) is 3.55. The van der Waals surface area contributed by atoms with Gasteiger partial charge in [0.25, 0.3) is 5.91 Å². The number of aromatic nitrogens is 1. The van der Waals surface area contributed by atoms with Gasteiger partial charge >= 0.3 is 0 Å². The Bertz CT molecular complexity index is 1070. The number of para-hydroxylation sites is 1. The van der Waals surface area contributed by atoms with Crippen LogP contribution in [0.2, 0.25) is 0 Å². The summed E-state index contributed by atoms with van der Waals surface area (Å²) >= 11 is 0. The molecule has 1 amide bonds. The van der Waals surface area contributed by atoms with E-state index in [1.165, 1.54) is 16.3 Å². The molecule has 0 fully saturated rings. The van der Waals surface area contributed by atoms with E-state index >= 15 is 0 Å². The number of amides is 1. The van der Waals surface area contributed by atoms with E-state index in [0.29, 0.717) is 12.1 Å². The quantitative estimate of drug-likeness (QED) is 0.604. The Hall–Kier alpha value is -3.07. The molecule has 0 unspecified atom stereocenters. The summed E-state index contributed by atoms with van der Waals surface area (Å²) in [7, 11) is 0. The molecule has 0 saturated carbocycles. The highest BCUT2D eigenvalue weighted by Gasteiger charge is 2.18. The molecule has 1 aromatic heterocycles. The molecule has 0 bridgehead atoms. The number of hydrogen-bond acceptors (Lipinski definition) is 1. The van der Waals surface area contributed by atoms with E-state index in [-0.39, 0.29) is 5.91 Å². The Balaban J connectivity index is 1.94. The lowest BCUT2D eigenvalue weighted by Crippen LogP contribution is -2.13. The maximum absolute atomic E-state index is 11.9. The minimum atomic E-state index is -0.375. The van der Waals surface area contributed by atoms with Gasteiger partial charge in [-0.05, 0) is 29.3 Å². The summed E-state index contributed by atoms with van der Waals surface area (Å²) < 4.78 is 2.18. The number of nitrogens with two attached hydrogens (primary N) is 1. The summed E-state index contributed by atoms with van der Waals surface area (Å²) in [6, 6.07) is 22.6. The van der Waals surface area contributed by atoms with Gasteiger partial charge in [-0.3, -0.25) is 4.79 Å². The molecule has 4 rings (SSSR count). The van der Waals surface area contributed by atoms with E-state index in [1.54, 1.807) is 0 Å². The average molecular weight is 314 g/mol. The number of primary amides is 1. The van der Waals surface area contributed by atoms with Gasteiger partial charge in [0, 0.05) is 23.1 Å². The minimum absolute atomic E-state index is 0.375. The molecule has 24 heavy (non-hydrogen) atoms. The monoisotopic (exact) mass is 314 g/mol. The molecular weight excluding hydrogens is 296 g/mol. The van der Waals surface area contributed by atoms with Crippen LogP contribution in [0.4, 0.5) is 0 Å². The lowest BCUT2D eigenvalue weighted by molar-refractivity contribution is 0.100. The number of nitrogens with zero attached hydrogens (tertiary/aromatic N) is 1. The molecule has 3 heteroatoms. The largest absolute Gasteiger partial charge is 0.366 e. The molecule has 0 aliphatic heterocycles. The van der Waals surface area contributed by atoms with Gasteiger partial charge < -0.3 is 10.3 Å². The van der Waals surface area contributed by atoms with Crippen molar-refractivity contribution in [2.45, 2.75) is 13.5 Å². The molecule has 3 aromatic carbocycles. The zero-order valence-electron chi connectivity index (χ0n) is 13.5. The van der Waals surface area contributed by atoms with Crippen LogP contribution in [0.5, 0.6) is 0 Å². The first-order chi connectivity index (χ1) is 11.7. The van der Waals surface area contributed by atoms with E-state index in [2.05, 4.69) is 41.0 Å². The van der Waals surface area contributed by atoms with Crippen LogP contribution < -0.4 is 5.73 Å². The van der Waals surface area contributed by atoms with E-state index in [4.69, 9.17) is 5.73 Å². The van der Waals surface area contributed by atoms with Gasteiger partial charge in [-0.25, -0.2) is 0 Å². The topological polar surface area (TPSA) is 48.0 Å². The Morgan fingerprint density at radius 1 is 0.917 bits per heavy atom. The zero-order chi connectivity index (χ0) is 16.7. The summed E-state index contributed by atoms with van der Waals surface area (Å²) in [4.78, 5) is 11.9. The maximum atomic E-state index is 11.9. The molecule has 1 heterocycles. The average Bonchev–Trinajstić information content (AvgIpc) is 2.87. The zero-order valence-corrected chi connectivity index (χ0v) is 13.5. The van der Waals surface area contributed by atoms with Crippen LogP contribution in [-0.2, 0) is 6.54 Å². The summed E-state index contributed by atoms with van der Waals surface area (Å²) in [6.45, 7) is 2.67. The smallest absolute Gasteiger partial charge is 0.251 e. The molecular formula is C21H18N2O. The summed E-state index contributed by atoms with van der Waals surface area (Å²) in [5.41, 5.74) is 9.42. The van der Waals surface area contributed by atoms with Crippen molar-refractivity contribution >= 4 is 27.6 Å². The van der Waals surface area contributed by atoms with Crippen molar-refractivity contribution in [3.05, 3.63) is 83.6 Å². The third-order valence-corrected chi connectivity index (χ3v) is 4.69. The van der Waals surface area contributed by atoms with Crippen LogP contribution in [0.25, 0.3) is 21.7 Å². The molecule has 0 radical (unpaired) electrons. The fourth-order valence-electron chi connectivity index (χ4n) is 3.55. The molecule has 2 N–H and O–H groups in total. The Labute approximate surface area is 140 Å². The van der Waals surface area contributed by atoms with Gasteiger partial charge in [-0.1, -0.05) is 60.7 Å². The second-order valence-corrected chi connectivity index (χ2v) is 6.07. The second-order valence-electron chi connectivity index (χ2n) is 6.07. The van der Waals surface area contributed by atoms with Crippen LogP contribution in [0.3, 0.4) is 0 Å². The van der Waals surface area contributed by atoms with E-state index in [0.717, 1.165) is 16.6 Å². The normalized spacial score (nSPS) is 11.2. The van der Waals surface area contributed by atoms with Crippen molar-refractivity contribution in [2.75, 3.05) is 0 Å². The second kappa shape index (κ2) is 5.53. The fraction of sp³-hybridized carbons (Fsp3) is 0.0952. The van der Waals surface area contributed by atoms with Gasteiger partial charge in [-0.2, -0.15) is 0 Å². The first-order valence-corrected chi connectivity index (χ1v) is 8.01. The molecule has 118 valence electrons. The highest BCUT2D eigenvalue weighted by molar-refractivity contribution is 6.07. The summed E-state index contributed by atoms with van der Waals surface area (Å²) in [5, 5.41) is 3.37. The van der Waals surface area contributed by atoms with Crippen molar-refractivity contribution in [1.82, 2.24) is 4.57 Å². The van der Waals surface area contributed by atoms with Crippen LogP contribution in [-0.4, -0.2) is 10.5 Å². The predicted molar refractivity (Wildman–Crippen MR) is 98.2 cm³/mol. The Morgan fingerprint density at radius 3 is 2.38 bits per heavy atom. The standard InChI is InChI=1S/C21H18N2O/c1-14-20(21(22)24)18-11-4-5-12-19(18)23(14)13-16-9-6-8-15-7-2-3-10-17(15)16/h2-12H,13H2,1H3,(H2,22,24). The number of carbonyl (C=O) groups excluding carboxylic acids is 1. The Morgan fingerprint density at radius 2 is 1.58 bits per heavy atom. The number of rotatable bonds is 3. The summed E-state index contributed by atoms with van der Waals surface area (Å²) in [6.07, 6.45) is 0. The van der Waals surface area contributed by atoms with Crippen molar-refractivity contribution in [1.29, 1.82) is 0 Å².